The van der Waals surface area contributed by atoms with Gasteiger partial charge in [0.1, 0.15) is 0 Å². The molecule has 5 aromatic rings. The summed E-state index contributed by atoms with van der Waals surface area (Å²) >= 11 is -0.703. The molecule has 2 radical (unpaired) electrons. The molecule has 0 N–H and O–H groups in total. The number of para-hydroxylation sites is 1. The molecule has 26 heavy (non-hydrogen) atoms. The second-order valence-electron chi connectivity index (χ2n) is 6.34. The van der Waals surface area contributed by atoms with E-state index in [0.29, 0.717) is 0 Å². The third-order valence-corrected chi connectivity index (χ3v) is 7.59. The molecular formula is C23H17NOSn. The quantitative estimate of drug-likeness (QED) is 0.295. The van der Waals surface area contributed by atoms with Crippen molar-refractivity contribution in [3.05, 3.63) is 84.9 Å². The van der Waals surface area contributed by atoms with Gasteiger partial charge in [-0.2, -0.15) is 0 Å². The van der Waals surface area contributed by atoms with Crippen molar-refractivity contribution in [1.29, 1.82) is 0 Å². The van der Waals surface area contributed by atoms with E-state index in [2.05, 4.69) is 93.0 Å². The predicted octanol–water partition coefficient (Wildman–Crippen LogP) is 6.54. The Morgan fingerprint density at radius 2 is 1.46 bits per heavy atom. The molecule has 3 heteroatoms. The minimum atomic E-state index is -0.703. The van der Waals surface area contributed by atoms with Crippen molar-refractivity contribution in [3.63, 3.8) is 0 Å². The summed E-state index contributed by atoms with van der Waals surface area (Å²) in [5.41, 5.74) is 4.44. The second-order valence-corrected chi connectivity index (χ2v) is 8.89. The van der Waals surface area contributed by atoms with Gasteiger partial charge in [-0.25, -0.2) is 0 Å². The predicted molar refractivity (Wildman–Crippen MR) is 111 cm³/mol. The van der Waals surface area contributed by atoms with Crippen LogP contribution in [0, 0.1) is 0 Å². The molecule has 0 atom stereocenters. The first-order valence-corrected chi connectivity index (χ1v) is 12.8. The minimum absolute atomic E-state index is 0.703. The first kappa shape index (κ1) is 15.8. The number of fused-ring (bicyclic) bond motifs is 5. The first-order chi connectivity index (χ1) is 12.8. The van der Waals surface area contributed by atoms with Crippen LogP contribution in [0.25, 0.3) is 32.7 Å². The molecule has 0 aliphatic carbocycles. The van der Waals surface area contributed by atoms with Gasteiger partial charge in [0, 0.05) is 0 Å². The number of hydrogen-bond donors (Lipinski definition) is 0. The maximum absolute atomic E-state index is 6.13. The third kappa shape index (κ3) is 2.48. The zero-order valence-electron chi connectivity index (χ0n) is 14.4. The van der Waals surface area contributed by atoms with Crippen LogP contribution in [0.15, 0.2) is 89.3 Å². The van der Waals surface area contributed by atoms with Crippen LogP contribution in [0.2, 0.25) is 4.94 Å². The van der Waals surface area contributed by atoms with E-state index in [1.54, 1.807) is 0 Å². The molecule has 0 saturated heterocycles. The SMILES string of the molecule is [CH3][Sn][N](c1ccccc1)c1ccc2oc3ccc4ccccc4c3c2c1. The second kappa shape index (κ2) is 6.36. The maximum atomic E-state index is 6.13. The molecule has 0 amide bonds. The van der Waals surface area contributed by atoms with Gasteiger partial charge >= 0.3 is 163 Å². The summed E-state index contributed by atoms with van der Waals surface area (Å²) in [5, 5.41) is 4.92. The molecule has 0 saturated carbocycles. The molecule has 4 aromatic carbocycles. The Labute approximate surface area is 162 Å². The van der Waals surface area contributed by atoms with Crippen LogP contribution in [-0.4, -0.2) is 21.4 Å². The van der Waals surface area contributed by atoms with E-state index in [9.17, 15) is 0 Å². The summed E-state index contributed by atoms with van der Waals surface area (Å²) in [4.78, 5) is 2.35. The van der Waals surface area contributed by atoms with Crippen LogP contribution in [0.4, 0.5) is 11.4 Å². The zero-order valence-corrected chi connectivity index (χ0v) is 17.3. The molecule has 0 aliphatic heterocycles. The molecule has 0 unspecified atom stereocenters. The Hall–Kier alpha value is -2.46. The van der Waals surface area contributed by atoms with E-state index in [0.717, 1.165) is 11.2 Å². The number of nitrogens with zero attached hydrogens (tertiary/aromatic N) is 1. The molecular weight excluding hydrogens is 425 g/mol. The van der Waals surface area contributed by atoms with Crippen LogP contribution in [-0.2, 0) is 0 Å². The van der Waals surface area contributed by atoms with Gasteiger partial charge in [0.2, 0.25) is 0 Å². The van der Waals surface area contributed by atoms with Gasteiger partial charge in [0.25, 0.3) is 0 Å². The fraction of sp³-hybridized carbons (Fsp3) is 0.0435. The van der Waals surface area contributed by atoms with Crippen molar-refractivity contribution in [2.75, 3.05) is 3.12 Å². The molecule has 0 aliphatic rings. The molecule has 124 valence electrons. The van der Waals surface area contributed by atoms with Crippen LogP contribution in [0.5, 0.6) is 0 Å². The molecule has 0 spiro atoms. The molecule has 0 bridgehead atoms. The summed E-state index contributed by atoms with van der Waals surface area (Å²) in [5.74, 6) is 0. The van der Waals surface area contributed by atoms with Gasteiger partial charge < -0.3 is 0 Å². The molecule has 2 nitrogen and oxygen atoms in total. The van der Waals surface area contributed by atoms with Crippen molar-refractivity contribution in [3.8, 4) is 0 Å². The fourth-order valence-corrected chi connectivity index (χ4v) is 5.95. The van der Waals surface area contributed by atoms with E-state index in [-0.39, 0.29) is 0 Å². The van der Waals surface area contributed by atoms with Gasteiger partial charge in [0.05, 0.1) is 0 Å². The summed E-state index contributed by atoms with van der Waals surface area (Å²) in [6.45, 7) is 0. The van der Waals surface area contributed by atoms with E-state index in [4.69, 9.17) is 4.42 Å². The number of benzene rings is 4. The standard InChI is InChI=1S/C22H14NO.CH3.Sn/c1-2-7-16(8-3-1)23-17-11-13-20-19(14-17)22-18-9-5-4-6-15(18)10-12-21(22)24-20;;/h1-14H;1H3;/q-1;;+1. The topological polar surface area (TPSA) is 16.4 Å². The average molecular weight is 442 g/mol. The number of furan rings is 1. The fourth-order valence-electron chi connectivity index (χ4n) is 3.66. The third-order valence-electron chi connectivity index (χ3n) is 4.84. The summed E-state index contributed by atoms with van der Waals surface area (Å²) in [6, 6.07) is 30.0. The van der Waals surface area contributed by atoms with Crippen molar-refractivity contribution in [2.45, 2.75) is 4.94 Å². The monoisotopic (exact) mass is 443 g/mol. The molecule has 0 fully saturated rings. The summed E-state index contributed by atoms with van der Waals surface area (Å²) < 4.78 is 8.62. The molecule has 5 rings (SSSR count). The average Bonchev–Trinajstić information content (AvgIpc) is 3.08. The van der Waals surface area contributed by atoms with E-state index < -0.39 is 21.4 Å². The zero-order chi connectivity index (χ0) is 17.5. The summed E-state index contributed by atoms with van der Waals surface area (Å²) in [6.07, 6.45) is 0. The van der Waals surface area contributed by atoms with Crippen molar-refractivity contribution < 1.29 is 4.42 Å². The van der Waals surface area contributed by atoms with Gasteiger partial charge in [-0.05, 0) is 0 Å². The Balaban J connectivity index is 1.78. The number of rotatable bonds is 3. The van der Waals surface area contributed by atoms with Crippen LogP contribution < -0.4 is 3.12 Å². The van der Waals surface area contributed by atoms with E-state index >= 15 is 0 Å². The van der Waals surface area contributed by atoms with Crippen LogP contribution in [0.3, 0.4) is 0 Å². The molecule has 1 heterocycles. The van der Waals surface area contributed by atoms with E-state index in [1.165, 1.54) is 32.9 Å². The van der Waals surface area contributed by atoms with Crippen molar-refractivity contribution in [2.24, 2.45) is 0 Å². The number of anilines is 2. The van der Waals surface area contributed by atoms with Gasteiger partial charge in [-0.15, -0.1) is 0 Å². The van der Waals surface area contributed by atoms with Crippen molar-refractivity contribution >= 4 is 65.5 Å². The number of hydrogen-bond acceptors (Lipinski definition) is 2. The summed E-state index contributed by atoms with van der Waals surface area (Å²) in [7, 11) is 0. The molecule has 1 aromatic heterocycles. The van der Waals surface area contributed by atoms with Gasteiger partial charge in [-0.1, -0.05) is 0 Å². The Kier molecular flexibility index (Phi) is 3.86. The van der Waals surface area contributed by atoms with Crippen molar-refractivity contribution in [1.82, 2.24) is 0 Å². The normalized spacial score (nSPS) is 11.4. The Bertz CT molecular complexity index is 1230. The van der Waals surface area contributed by atoms with Crippen LogP contribution >= 0.6 is 0 Å². The van der Waals surface area contributed by atoms with Crippen LogP contribution in [0.1, 0.15) is 0 Å². The Morgan fingerprint density at radius 3 is 2.31 bits per heavy atom. The Morgan fingerprint density at radius 1 is 0.692 bits per heavy atom. The van der Waals surface area contributed by atoms with Gasteiger partial charge in [-0.3, -0.25) is 0 Å². The van der Waals surface area contributed by atoms with E-state index in [1.807, 2.05) is 0 Å². The first-order valence-electron chi connectivity index (χ1n) is 8.72. The van der Waals surface area contributed by atoms with Gasteiger partial charge in [0.15, 0.2) is 0 Å².